The first-order valence-corrected chi connectivity index (χ1v) is 7.45. The average Bonchev–Trinajstić information content (AvgIpc) is 2.55. The molecule has 0 saturated carbocycles. The molecule has 2 rings (SSSR count). The summed E-state index contributed by atoms with van der Waals surface area (Å²) in [6, 6.07) is 15.0. The van der Waals surface area contributed by atoms with Gasteiger partial charge < -0.3 is 15.4 Å². The number of benzene rings is 2. The highest BCUT2D eigenvalue weighted by atomic mass is 35.5. The van der Waals surface area contributed by atoms with Gasteiger partial charge in [0.2, 0.25) is 0 Å². The van der Waals surface area contributed by atoms with Crippen LogP contribution in [0.15, 0.2) is 48.5 Å². The first kappa shape index (κ1) is 16.2. The molecule has 0 unspecified atom stereocenters. The largest absolute Gasteiger partial charge is 0.496 e. The molecule has 0 aliphatic carbocycles. The van der Waals surface area contributed by atoms with Gasteiger partial charge in [-0.25, -0.2) is 4.79 Å². The summed E-state index contributed by atoms with van der Waals surface area (Å²) in [4.78, 5) is 11.8. The Morgan fingerprint density at radius 2 is 1.82 bits per heavy atom. The van der Waals surface area contributed by atoms with E-state index in [-0.39, 0.29) is 6.03 Å². The maximum absolute atomic E-state index is 11.8. The van der Waals surface area contributed by atoms with E-state index in [4.69, 9.17) is 16.3 Å². The van der Waals surface area contributed by atoms with Crippen molar-refractivity contribution < 1.29 is 9.53 Å². The number of ether oxygens (including phenoxy) is 1. The molecule has 2 aromatic rings. The summed E-state index contributed by atoms with van der Waals surface area (Å²) in [6.07, 6.45) is 0.763. The second-order valence-corrected chi connectivity index (χ2v) is 5.23. The van der Waals surface area contributed by atoms with Gasteiger partial charge in [0.15, 0.2) is 0 Å². The maximum atomic E-state index is 11.8. The monoisotopic (exact) mass is 318 g/mol. The molecule has 116 valence electrons. The number of hydrogen-bond donors (Lipinski definition) is 2. The van der Waals surface area contributed by atoms with Crippen LogP contribution in [0.2, 0.25) is 5.02 Å². The van der Waals surface area contributed by atoms with Crippen LogP contribution in [0.25, 0.3) is 0 Å². The van der Waals surface area contributed by atoms with Crippen LogP contribution in [-0.4, -0.2) is 19.7 Å². The zero-order chi connectivity index (χ0) is 15.8. The second kappa shape index (κ2) is 8.29. The number of urea groups is 1. The summed E-state index contributed by atoms with van der Waals surface area (Å²) in [7, 11) is 1.62. The van der Waals surface area contributed by atoms with Gasteiger partial charge in [-0.2, -0.15) is 0 Å². The molecule has 22 heavy (non-hydrogen) atoms. The van der Waals surface area contributed by atoms with Gasteiger partial charge in [0, 0.05) is 23.7 Å². The number of carbonyl (C=O) groups excluding carboxylic acids is 1. The minimum Gasteiger partial charge on any atom is -0.496 e. The van der Waals surface area contributed by atoms with Gasteiger partial charge in [-0.3, -0.25) is 0 Å². The molecular formula is C17H19ClN2O2. The van der Waals surface area contributed by atoms with Crippen LogP contribution >= 0.6 is 11.6 Å². The Hall–Kier alpha value is -2.20. The highest BCUT2D eigenvalue weighted by Gasteiger charge is 2.04. The number of methoxy groups -OCH3 is 1. The van der Waals surface area contributed by atoms with Gasteiger partial charge in [0.1, 0.15) is 5.75 Å². The molecule has 0 radical (unpaired) electrons. The smallest absolute Gasteiger partial charge is 0.315 e. The van der Waals surface area contributed by atoms with Crippen LogP contribution in [0.5, 0.6) is 5.75 Å². The summed E-state index contributed by atoms with van der Waals surface area (Å²) in [5.74, 6) is 0.768. The van der Waals surface area contributed by atoms with Gasteiger partial charge in [-0.05, 0) is 30.2 Å². The van der Waals surface area contributed by atoms with Gasteiger partial charge >= 0.3 is 6.03 Å². The molecule has 0 saturated heterocycles. The van der Waals surface area contributed by atoms with Crippen LogP contribution in [0.1, 0.15) is 11.1 Å². The zero-order valence-electron chi connectivity index (χ0n) is 12.4. The molecular weight excluding hydrogens is 300 g/mol. The second-order valence-electron chi connectivity index (χ2n) is 4.80. The molecule has 5 heteroatoms. The first-order chi connectivity index (χ1) is 10.7. The van der Waals surface area contributed by atoms with E-state index in [1.54, 1.807) is 7.11 Å². The van der Waals surface area contributed by atoms with Crippen LogP contribution in [0, 0.1) is 0 Å². The Balaban J connectivity index is 1.73. The number of nitrogens with one attached hydrogen (secondary N) is 2. The van der Waals surface area contributed by atoms with E-state index in [9.17, 15) is 4.79 Å². The van der Waals surface area contributed by atoms with E-state index in [0.29, 0.717) is 18.1 Å². The SMILES string of the molecule is COc1ccccc1CNC(=O)NCCc1ccc(Cl)cc1. The van der Waals surface area contributed by atoms with E-state index in [1.807, 2.05) is 48.5 Å². The van der Waals surface area contributed by atoms with Crippen molar-refractivity contribution in [2.24, 2.45) is 0 Å². The third-order valence-electron chi connectivity index (χ3n) is 3.24. The lowest BCUT2D eigenvalue weighted by molar-refractivity contribution is 0.240. The van der Waals surface area contributed by atoms with Crippen molar-refractivity contribution in [2.75, 3.05) is 13.7 Å². The molecule has 2 N–H and O–H groups in total. The van der Waals surface area contributed by atoms with Gasteiger partial charge in [0.05, 0.1) is 7.11 Å². The van der Waals surface area contributed by atoms with Crippen molar-refractivity contribution in [1.29, 1.82) is 0 Å². The summed E-state index contributed by atoms with van der Waals surface area (Å²) in [5.41, 5.74) is 2.08. The Morgan fingerprint density at radius 3 is 2.55 bits per heavy atom. The van der Waals surface area contributed by atoms with Crippen molar-refractivity contribution in [3.8, 4) is 5.75 Å². The Bertz CT molecular complexity index is 614. The van der Waals surface area contributed by atoms with Crippen molar-refractivity contribution in [3.05, 3.63) is 64.7 Å². The Kier molecular flexibility index (Phi) is 6.10. The van der Waals surface area contributed by atoms with Crippen LogP contribution < -0.4 is 15.4 Å². The minimum atomic E-state index is -0.195. The highest BCUT2D eigenvalue weighted by molar-refractivity contribution is 6.30. The molecule has 0 fully saturated rings. The predicted octanol–water partition coefficient (Wildman–Crippen LogP) is 3.39. The third kappa shape index (κ3) is 4.97. The minimum absolute atomic E-state index is 0.195. The quantitative estimate of drug-likeness (QED) is 0.857. The molecule has 0 bridgehead atoms. The Labute approximate surface area is 135 Å². The Morgan fingerprint density at radius 1 is 1.09 bits per heavy atom. The average molecular weight is 319 g/mol. The fourth-order valence-corrected chi connectivity index (χ4v) is 2.18. The van der Waals surface area contributed by atoms with Crippen LogP contribution in [0.4, 0.5) is 4.79 Å². The highest BCUT2D eigenvalue weighted by Crippen LogP contribution is 2.16. The topological polar surface area (TPSA) is 50.4 Å². The van der Waals surface area contributed by atoms with Crippen molar-refractivity contribution in [2.45, 2.75) is 13.0 Å². The third-order valence-corrected chi connectivity index (χ3v) is 3.50. The first-order valence-electron chi connectivity index (χ1n) is 7.07. The molecule has 4 nitrogen and oxygen atoms in total. The van der Waals surface area contributed by atoms with E-state index < -0.39 is 0 Å². The van der Waals surface area contributed by atoms with E-state index in [0.717, 1.165) is 23.3 Å². The zero-order valence-corrected chi connectivity index (χ0v) is 13.2. The fraction of sp³-hybridized carbons (Fsp3) is 0.235. The standard InChI is InChI=1S/C17H19ClN2O2/c1-22-16-5-3-2-4-14(16)12-20-17(21)19-11-10-13-6-8-15(18)9-7-13/h2-9H,10-12H2,1H3,(H2,19,20,21). The summed E-state index contributed by atoms with van der Waals surface area (Å²) in [6.45, 7) is 0.996. The van der Waals surface area contributed by atoms with Crippen molar-refractivity contribution in [3.63, 3.8) is 0 Å². The molecule has 0 spiro atoms. The number of amides is 2. The van der Waals surface area contributed by atoms with Crippen molar-refractivity contribution >= 4 is 17.6 Å². The van der Waals surface area contributed by atoms with E-state index in [1.165, 1.54) is 0 Å². The normalized spacial score (nSPS) is 10.1. The van der Waals surface area contributed by atoms with Crippen molar-refractivity contribution in [1.82, 2.24) is 10.6 Å². The molecule has 0 atom stereocenters. The summed E-state index contributed by atoms with van der Waals surface area (Å²) < 4.78 is 5.24. The molecule has 0 aliphatic rings. The number of carbonyl (C=O) groups is 1. The van der Waals surface area contributed by atoms with Crippen LogP contribution in [0.3, 0.4) is 0 Å². The maximum Gasteiger partial charge on any atom is 0.315 e. The summed E-state index contributed by atoms with van der Waals surface area (Å²) >= 11 is 5.83. The number of rotatable bonds is 6. The van der Waals surface area contributed by atoms with E-state index >= 15 is 0 Å². The van der Waals surface area contributed by atoms with Gasteiger partial charge in [0.25, 0.3) is 0 Å². The van der Waals surface area contributed by atoms with Gasteiger partial charge in [-0.15, -0.1) is 0 Å². The van der Waals surface area contributed by atoms with E-state index in [2.05, 4.69) is 10.6 Å². The fourth-order valence-electron chi connectivity index (χ4n) is 2.06. The number of para-hydroxylation sites is 1. The molecule has 2 amide bonds. The summed E-state index contributed by atoms with van der Waals surface area (Å²) in [5, 5.41) is 6.36. The molecule has 0 aliphatic heterocycles. The number of hydrogen-bond acceptors (Lipinski definition) is 2. The van der Waals surface area contributed by atoms with Crippen LogP contribution in [-0.2, 0) is 13.0 Å². The number of halogens is 1. The lowest BCUT2D eigenvalue weighted by Crippen LogP contribution is -2.36. The lowest BCUT2D eigenvalue weighted by Gasteiger charge is -2.10. The molecule has 2 aromatic carbocycles. The predicted molar refractivity (Wildman–Crippen MR) is 88.4 cm³/mol. The van der Waals surface area contributed by atoms with Gasteiger partial charge in [-0.1, -0.05) is 41.9 Å². The molecule has 0 aromatic heterocycles. The molecule has 0 heterocycles. The lowest BCUT2D eigenvalue weighted by atomic mass is 10.1.